The van der Waals surface area contributed by atoms with Crippen LogP contribution in [0.1, 0.15) is 26.4 Å². The predicted octanol–water partition coefficient (Wildman–Crippen LogP) is 3.33. The number of nitrogens with zero attached hydrogens (tertiary/aromatic N) is 2. The summed E-state index contributed by atoms with van der Waals surface area (Å²) < 4.78 is 41.7. The average molecular weight is 536 g/mol. The Morgan fingerprint density at radius 1 is 0.921 bits per heavy atom. The van der Waals surface area contributed by atoms with Gasteiger partial charge in [0.15, 0.2) is 12.4 Å². The number of anilines is 1. The van der Waals surface area contributed by atoms with Gasteiger partial charge in [0.25, 0.3) is 15.6 Å². The van der Waals surface area contributed by atoms with E-state index in [1.165, 1.54) is 30.0 Å². The molecular formula is C27H25N3O7S. The summed E-state index contributed by atoms with van der Waals surface area (Å²) in [5.74, 6) is -0.721. The molecule has 0 spiro atoms. The van der Waals surface area contributed by atoms with Gasteiger partial charge in [-0.15, -0.1) is 0 Å². The number of rotatable bonds is 9. The van der Waals surface area contributed by atoms with Crippen LogP contribution >= 0.6 is 0 Å². The number of sulfonamides is 1. The highest BCUT2D eigenvalue weighted by atomic mass is 32.2. The molecule has 0 aliphatic rings. The Balaban J connectivity index is 1.52. The summed E-state index contributed by atoms with van der Waals surface area (Å²) >= 11 is 0. The number of para-hydroxylation sites is 1. The van der Waals surface area contributed by atoms with E-state index in [0.29, 0.717) is 22.7 Å². The highest BCUT2D eigenvalue weighted by Crippen LogP contribution is 2.20. The maximum absolute atomic E-state index is 13.2. The molecule has 0 amide bonds. The van der Waals surface area contributed by atoms with E-state index in [1.807, 2.05) is 0 Å². The van der Waals surface area contributed by atoms with Crippen LogP contribution in [0.15, 0.2) is 88.6 Å². The first kappa shape index (κ1) is 26.4. The topological polar surface area (TPSA) is 126 Å². The van der Waals surface area contributed by atoms with E-state index in [4.69, 9.17) is 9.47 Å². The monoisotopic (exact) mass is 535 g/mol. The number of Topliss-reactive ketones (excluding diaryl/α,β-unsaturated/α-hetero) is 1. The van der Waals surface area contributed by atoms with Crippen LogP contribution in [0.4, 0.5) is 5.69 Å². The second-order valence-corrected chi connectivity index (χ2v) is 9.98. The van der Waals surface area contributed by atoms with Crippen LogP contribution in [0.5, 0.6) is 5.75 Å². The number of carbonyl (C=O) groups is 2. The number of hydrogen-bond acceptors (Lipinski definition) is 7. The minimum atomic E-state index is -4.24. The molecule has 0 saturated carbocycles. The van der Waals surface area contributed by atoms with Crippen LogP contribution in [0.3, 0.4) is 0 Å². The number of methoxy groups -OCH3 is 1. The summed E-state index contributed by atoms with van der Waals surface area (Å²) in [6, 6.07) is 20.3. The molecule has 4 aromatic rings. The van der Waals surface area contributed by atoms with Crippen molar-refractivity contribution in [3.63, 3.8) is 0 Å². The first-order valence-corrected chi connectivity index (χ1v) is 12.9. The Morgan fingerprint density at radius 3 is 2.26 bits per heavy atom. The summed E-state index contributed by atoms with van der Waals surface area (Å²) in [4.78, 5) is 37.8. The van der Waals surface area contributed by atoms with E-state index in [9.17, 15) is 22.8 Å². The van der Waals surface area contributed by atoms with Gasteiger partial charge in [0.1, 0.15) is 11.4 Å². The number of nitrogens with one attached hydrogen (secondary N) is 1. The van der Waals surface area contributed by atoms with E-state index in [1.54, 1.807) is 73.3 Å². The Labute approximate surface area is 219 Å². The molecule has 0 bridgehead atoms. The summed E-state index contributed by atoms with van der Waals surface area (Å²) in [6.07, 6.45) is 0. The Bertz CT molecular complexity index is 1660. The molecule has 1 N–H and O–H groups in total. The predicted molar refractivity (Wildman–Crippen MR) is 141 cm³/mol. The molecule has 1 heterocycles. The third-order valence-corrected chi connectivity index (χ3v) is 7.26. The molecule has 10 nitrogen and oxygen atoms in total. The Kier molecular flexibility index (Phi) is 7.49. The number of carbonyl (C=O) groups excluding carboxylic acids is 2. The molecule has 0 atom stereocenters. The second-order valence-electron chi connectivity index (χ2n) is 8.30. The van der Waals surface area contributed by atoms with Crippen molar-refractivity contribution in [2.45, 2.75) is 11.8 Å². The normalized spacial score (nSPS) is 11.1. The van der Waals surface area contributed by atoms with Gasteiger partial charge in [-0.3, -0.25) is 19.0 Å². The van der Waals surface area contributed by atoms with Gasteiger partial charge in [0.05, 0.1) is 29.0 Å². The SMILES string of the molecule is COc1ccc(C(=O)COC(=O)c2cccc(S(=O)(=O)Nc3c(C)n(C)n(-c4ccccc4)c3=O)c2)cc1. The van der Waals surface area contributed by atoms with Crippen molar-refractivity contribution in [1.29, 1.82) is 0 Å². The van der Waals surface area contributed by atoms with E-state index < -0.39 is 33.9 Å². The van der Waals surface area contributed by atoms with Crippen molar-refractivity contribution >= 4 is 27.5 Å². The summed E-state index contributed by atoms with van der Waals surface area (Å²) in [7, 11) is -1.10. The quantitative estimate of drug-likeness (QED) is 0.257. The molecule has 0 aliphatic heterocycles. The molecule has 1 aromatic heterocycles. The van der Waals surface area contributed by atoms with Gasteiger partial charge in [-0.1, -0.05) is 24.3 Å². The zero-order chi connectivity index (χ0) is 27.4. The number of aromatic nitrogens is 2. The molecule has 4 rings (SSSR count). The van der Waals surface area contributed by atoms with Crippen molar-refractivity contribution in [3.8, 4) is 11.4 Å². The highest BCUT2D eigenvalue weighted by Gasteiger charge is 2.23. The molecule has 3 aromatic carbocycles. The summed E-state index contributed by atoms with van der Waals surface area (Å²) in [6.45, 7) is 1.09. The first-order chi connectivity index (χ1) is 18.1. The first-order valence-electron chi connectivity index (χ1n) is 11.4. The maximum Gasteiger partial charge on any atom is 0.338 e. The van der Waals surface area contributed by atoms with E-state index in [2.05, 4.69) is 4.72 Å². The zero-order valence-electron chi connectivity index (χ0n) is 20.9. The number of esters is 1. The Morgan fingerprint density at radius 2 is 1.61 bits per heavy atom. The van der Waals surface area contributed by atoms with Crippen molar-refractivity contribution in [1.82, 2.24) is 9.36 Å². The standard InChI is InChI=1S/C27H25N3O7S/c1-18-25(26(32)30(29(18)2)21-9-5-4-6-10-21)28-38(34,35)23-11-7-8-20(16-23)27(33)37-17-24(31)19-12-14-22(36-3)15-13-19/h4-16,28H,17H2,1-3H3. The van der Waals surface area contributed by atoms with Crippen LogP contribution in [-0.2, 0) is 21.8 Å². The molecule has 196 valence electrons. The maximum atomic E-state index is 13.2. The fraction of sp³-hybridized carbons (Fsp3) is 0.148. The molecule has 38 heavy (non-hydrogen) atoms. The number of hydrogen-bond donors (Lipinski definition) is 1. The molecule has 11 heteroatoms. The Hall–Kier alpha value is -4.64. The average Bonchev–Trinajstić information content (AvgIpc) is 3.14. The summed E-state index contributed by atoms with van der Waals surface area (Å²) in [5, 5.41) is 0. The zero-order valence-corrected chi connectivity index (χ0v) is 21.7. The van der Waals surface area contributed by atoms with Gasteiger partial charge in [-0.2, -0.15) is 0 Å². The highest BCUT2D eigenvalue weighted by molar-refractivity contribution is 7.92. The largest absolute Gasteiger partial charge is 0.497 e. The van der Waals surface area contributed by atoms with Crippen LogP contribution in [0, 0.1) is 6.92 Å². The van der Waals surface area contributed by atoms with Crippen molar-refractivity contribution in [3.05, 3.63) is 106 Å². The van der Waals surface area contributed by atoms with Crippen LogP contribution in [-0.4, -0.2) is 43.3 Å². The van der Waals surface area contributed by atoms with Gasteiger partial charge >= 0.3 is 5.97 Å². The van der Waals surface area contributed by atoms with E-state index in [0.717, 1.165) is 6.07 Å². The lowest BCUT2D eigenvalue weighted by Crippen LogP contribution is -2.23. The second kappa shape index (κ2) is 10.8. The number of ether oxygens (including phenoxy) is 2. The minimum Gasteiger partial charge on any atom is -0.497 e. The molecule has 0 fully saturated rings. The smallest absolute Gasteiger partial charge is 0.338 e. The molecule has 0 radical (unpaired) electrons. The van der Waals surface area contributed by atoms with Gasteiger partial charge in [-0.25, -0.2) is 17.9 Å². The molecule has 0 aliphatic carbocycles. The summed E-state index contributed by atoms with van der Waals surface area (Å²) in [5.41, 5.74) is 0.569. The van der Waals surface area contributed by atoms with Crippen LogP contribution in [0.25, 0.3) is 5.69 Å². The lowest BCUT2D eigenvalue weighted by atomic mass is 10.1. The third kappa shape index (κ3) is 5.37. The van der Waals surface area contributed by atoms with Gasteiger partial charge in [-0.05, 0) is 61.5 Å². The number of benzene rings is 3. The molecule has 0 saturated heterocycles. The van der Waals surface area contributed by atoms with Crippen molar-refractivity contribution < 1.29 is 27.5 Å². The molecule has 0 unspecified atom stereocenters. The van der Waals surface area contributed by atoms with E-state index in [-0.39, 0.29) is 16.1 Å². The van der Waals surface area contributed by atoms with Crippen molar-refractivity contribution in [2.24, 2.45) is 7.05 Å². The number of ketones is 1. The van der Waals surface area contributed by atoms with Crippen LogP contribution < -0.4 is 15.0 Å². The third-order valence-electron chi connectivity index (χ3n) is 5.92. The van der Waals surface area contributed by atoms with Crippen molar-refractivity contribution in [2.75, 3.05) is 18.4 Å². The fourth-order valence-corrected chi connectivity index (χ4v) is 4.91. The minimum absolute atomic E-state index is 0.0677. The van der Waals surface area contributed by atoms with Crippen LogP contribution in [0.2, 0.25) is 0 Å². The fourth-order valence-electron chi connectivity index (χ4n) is 3.74. The van der Waals surface area contributed by atoms with E-state index >= 15 is 0 Å². The lowest BCUT2D eigenvalue weighted by molar-refractivity contribution is 0.0474. The molecular weight excluding hydrogens is 510 g/mol. The lowest BCUT2D eigenvalue weighted by Gasteiger charge is -2.09. The van der Waals surface area contributed by atoms with Gasteiger partial charge in [0.2, 0.25) is 0 Å². The van der Waals surface area contributed by atoms with Gasteiger partial charge in [0, 0.05) is 12.6 Å². The van der Waals surface area contributed by atoms with Gasteiger partial charge < -0.3 is 9.47 Å².